The summed E-state index contributed by atoms with van der Waals surface area (Å²) in [4.78, 5) is 0. The van der Waals surface area contributed by atoms with E-state index in [9.17, 15) is 0 Å². The van der Waals surface area contributed by atoms with Crippen molar-refractivity contribution in [3.8, 4) is 0 Å². The minimum atomic E-state index is 1.50. The van der Waals surface area contributed by atoms with Crippen molar-refractivity contribution in [2.45, 2.75) is 13.8 Å². The van der Waals surface area contributed by atoms with Gasteiger partial charge in [0, 0.05) is 14.1 Å². The van der Waals surface area contributed by atoms with Crippen LogP contribution in [0.15, 0.2) is 0 Å². The van der Waals surface area contributed by atoms with Crippen LogP contribution in [0.4, 0.5) is 0 Å². The molecule has 0 heterocycles. The van der Waals surface area contributed by atoms with Crippen LogP contribution >= 0.6 is 0 Å². The van der Waals surface area contributed by atoms with Gasteiger partial charge in [-0.3, -0.25) is 10.9 Å². The predicted octanol–water partition coefficient (Wildman–Crippen LogP) is 0.448. The summed E-state index contributed by atoms with van der Waals surface area (Å²) in [5, 5.41) is 1.50. The summed E-state index contributed by atoms with van der Waals surface area (Å²) in [6.07, 6.45) is 0. The smallest absolute Gasteiger partial charge is 0.00105 e. The molecule has 2 N–H and O–H groups in total. The third-order valence-electron chi connectivity index (χ3n) is 0. The van der Waals surface area contributed by atoms with E-state index in [1.165, 1.54) is 5.01 Å². The molecule has 0 rings (SSSR count). The Balaban J connectivity index is 0. The van der Waals surface area contributed by atoms with Gasteiger partial charge in [-0.15, -0.1) is 0 Å². The highest BCUT2D eigenvalue weighted by atomic mass is 15.4. The highest BCUT2D eigenvalue weighted by molar-refractivity contribution is 4.01. The van der Waals surface area contributed by atoms with Gasteiger partial charge >= 0.3 is 0 Å². The lowest BCUT2D eigenvalue weighted by atomic mass is 11.0. The van der Waals surface area contributed by atoms with Gasteiger partial charge in [-0.2, -0.15) is 0 Å². The van der Waals surface area contributed by atoms with Gasteiger partial charge in [0.1, 0.15) is 0 Å². The molecule has 2 heteroatoms. The fraction of sp³-hybridized carbons (Fsp3) is 1.00. The third kappa shape index (κ3) is 5220. The Morgan fingerprint density at radius 1 is 1.17 bits per heavy atom. The molecule has 0 aliphatic rings. The zero-order chi connectivity index (χ0) is 5.58. The largest absolute Gasteiger partial charge is 0.269 e. The van der Waals surface area contributed by atoms with Crippen molar-refractivity contribution < 1.29 is 0 Å². The molecule has 0 aliphatic heterocycles. The zero-order valence-corrected chi connectivity index (χ0v) is 5.02. The molecule has 40 valence electrons. The van der Waals surface area contributed by atoms with Crippen molar-refractivity contribution in [2.24, 2.45) is 5.84 Å². The van der Waals surface area contributed by atoms with Crippen LogP contribution in [0.1, 0.15) is 13.8 Å². The molecule has 0 unspecified atom stereocenters. The molecule has 0 radical (unpaired) electrons. The molecule has 0 aliphatic carbocycles. The number of rotatable bonds is 0. The van der Waals surface area contributed by atoms with Gasteiger partial charge < -0.3 is 0 Å². The van der Waals surface area contributed by atoms with Gasteiger partial charge in [0.25, 0.3) is 0 Å². The lowest BCUT2D eigenvalue weighted by Gasteiger charge is -1.91. The normalized spacial score (nSPS) is 7.00. The van der Waals surface area contributed by atoms with E-state index in [4.69, 9.17) is 5.84 Å². The molecule has 0 atom stereocenters. The average molecular weight is 90.2 g/mol. The molecule has 0 saturated carbocycles. The van der Waals surface area contributed by atoms with Crippen molar-refractivity contribution in [1.29, 1.82) is 0 Å². The van der Waals surface area contributed by atoms with Crippen LogP contribution < -0.4 is 5.84 Å². The van der Waals surface area contributed by atoms with Crippen LogP contribution in [0.2, 0.25) is 0 Å². The van der Waals surface area contributed by atoms with E-state index < -0.39 is 0 Å². The number of hydrogen-bond acceptors (Lipinski definition) is 2. The van der Waals surface area contributed by atoms with E-state index in [1.54, 1.807) is 14.1 Å². The van der Waals surface area contributed by atoms with Crippen molar-refractivity contribution in [3.63, 3.8) is 0 Å². The summed E-state index contributed by atoms with van der Waals surface area (Å²) < 4.78 is 0. The van der Waals surface area contributed by atoms with Crippen LogP contribution in [0.5, 0.6) is 0 Å². The second-order valence-corrected chi connectivity index (χ2v) is 0.964. The maximum absolute atomic E-state index is 4.94. The second kappa shape index (κ2) is 8.87. The Labute approximate surface area is 39.9 Å². The Kier molecular flexibility index (Phi) is 13.8. The van der Waals surface area contributed by atoms with Gasteiger partial charge in [0.15, 0.2) is 0 Å². The summed E-state index contributed by atoms with van der Waals surface area (Å²) >= 11 is 0. The molecule has 0 bridgehead atoms. The van der Waals surface area contributed by atoms with E-state index in [-0.39, 0.29) is 0 Å². The van der Waals surface area contributed by atoms with Crippen LogP contribution in [0, 0.1) is 0 Å². The van der Waals surface area contributed by atoms with Gasteiger partial charge in [0.05, 0.1) is 0 Å². The van der Waals surface area contributed by atoms with Crippen molar-refractivity contribution in [2.75, 3.05) is 14.1 Å². The first-order valence-electron chi connectivity index (χ1n) is 2.15. The van der Waals surface area contributed by atoms with Crippen LogP contribution in [-0.4, -0.2) is 19.1 Å². The summed E-state index contributed by atoms with van der Waals surface area (Å²) in [6, 6.07) is 0. The standard InChI is InChI=1S/C2H8N2.C2H6/c1-4(2)3;1-2/h3H2,1-2H3;1-2H3. The minimum Gasteiger partial charge on any atom is -0.269 e. The van der Waals surface area contributed by atoms with Crippen molar-refractivity contribution in [3.05, 3.63) is 0 Å². The fourth-order valence-electron chi connectivity index (χ4n) is 0. The summed E-state index contributed by atoms with van der Waals surface area (Å²) in [5.74, 6) is 4.94. The Morgan fingerprint density at radius 2 is 1.17 bits per heavy atom. The molecule has 0 aromatic heterocycles. The highest BCUT2D eigenvalue weighted by Gasteiger charge is 1.57. The number of hydrazine groups is 1. The quantitative estimate of drug-likeness (QED) is 0.345. The molecule has 0 aromatic carbocycles. The van der Waals surface area contributed by atoms with E-state index in [2.05, 4.69) is 0 Å². The van der Waals surface area contributed by atoms with Crippen LogP contribution in [-0.2, 0) is 0 Å². The van der Waals surface area contributed by atoms with Gasteiger partial charge in [0.2, 0.25) is 0 Å². The molecular weight excluding hydrogens is 76.1 g/mol. The van der Waals surface area contributed by atoms with Gasteiger partial charge in [-0.05, 0) is 0 Å². The monoisotopic (exact) mass is 90.1 g/mol. The molecule has 0 saturated heterocycles. The molecular formula is C4H14N2. The lowest BCUT2D eigenvalue weighted by Crippen LogP contribution is -2.18. The molecule has 2 nitrogen and oxygen atoms in total. The van der Waals surface area contributed by atoms with E-state index in [1.807, 2.05) is 13.8 Å². The van der Waals surface area contributed by atoms with Gasteiger partial charge in [-0.1, -0.05) is 13.8 Å². The van der Waals surface area contributed by atoms with Crippen molar-refractivity contribution in [1.82, 2.24) is 5.01 Å². The molecule has 0 aromatic rings. The lowest BCUT2D eigenvalue weighted by molar-refractivity contribution is 0.432. The van der Waals surface area contributed by atoms with Crippen LogP contribution in [0.3, 0.4) is 0 Å². The number of nitrogens with two attached hydrogens (primary N) is 1. The van der Waals surface area contributed by atoms with E-state index in [0.29, 0.717) is 0 Å². The summed E-state index contributed by atoms with van der Waals surface area (Å²) in [5.41, 5.74) is 0. The molecule has 0 spiro atoms. The number of nitrogens with zero attached hydrogens (tertiary/aromatic N) is 1. The first kappa shape index (κ1) is 9.33. The Hall–Kier alpha value is -0.0800. The fourth-order valence-corrected chi connectivity index (χ4v) is 0. The molecule has 0 fully saturated rings. The molecule has 0 amide bonds. The highest BCUT2D eigenvalue weighted by Crippen LogP contribution is 1.37. The second-order valence-electron chi connectivity index (χ2n) is 0.964. The topological polar surface area (TPSA) is 29.3 Å². The Bertz CT molecular complexity index is 10.3. The molecule has 6 heavy (non-hydrogen) atoms. The number of hydrogen-bond donors (Lipinski definition) is 1. The Morgan fingerprint density at radius 3 is 1.17 bits per heavy atom. The zero-order valence-electron chi connectivity index (χ0n) is 5.02. The predicted molar refractivity (Wildman–Crippen MR) is 29.2 cm³/mol. The third-order valence-corrected chi connectivity index (χ3v) is 0. The maximum Gasteiger partial charge on any atom is 0.00105 e. The summed E-state index contributed by atoms with van der Waals surface area (Å²) in [7, 11) is 3.56. The maximum atomic E-state index is 4.94. The van der Waals surface area contributed by atoms with Crippen LogP contribution in [0.25, 0.3) is 0 Å². The first-order chi connectivity index (χ1) is 2.73. The SMILES string of the molecule is CC.CN(C)N. The van der Waals surface area contributed by atoms with E-state index >= 15 is 0 Å². The summed E-state index contributed by atoms with van der Waals surface area (Å²) in [6.45, 7) is 4.00. The van der Waals surface area contributed by atoms with Crippen molar-refractivity contribution >= 4 is 0 Å². The van der Waals surface area contributed by atoms with Gasteiger partial charge in [-0.25, -0.2) is 0 Å². The minimum absolute atomic E-state index is 1.50. The first-order valence-corrected chi connectivity index (χ1v) is 2.15. The average Bonchev–Trinajstić information content (AvgIpc) is 1.41. The van der Waals surface area contributed by atoms with E-state index in [0.717, 1.165) is 0 Å².